The molecule has 0 amide bonds. The van der Waals surface area contributed by atoms with Crippen LogP contribution in [-0.2, 0) is 19.7 Å². The molecule has 172 valence electrons. The molecule has 0 spiro atoms. The molecule has 1 saturated carbocycles. The highest BCUT2D eigenvalue weighted by molar-refractivity contribution is 6.60. The minimum atomic E-state index is -2.58. The number of benzene rings is 1. The van der Waals surface area contributed by atoms with Crippen LogP contribution in [0.4, 0.5) is 0 Å². The van der Waals surface area contributed by atoms with Crippen LogP contribution >= 0.6 is 0 Å². The smallest absolute Gasteiger partial charge is 0.493 e. The summed E-state index contributed by atoms with van der Waals surface area (Å²) in [5.41, 5.74) is 2.89. The Kier molecular flexibility index (Phi) is 12.0. The van der Waals surface area contributed by atoms with Crippen LogP contribution in [0.25, 0.3) is 0 Å². The molecule has 0 radical (unpaired) electrons. The van der Waals surface area contributed by atoms with Crippen LogP contribution in [0.3, 0.4) is 0 Å². The standard InChI is InChI=1S/C25H44O4Si/c1-5-9-14-22-17-18-25(24(21-22)23-15-11-10-12-16-23)26-19-13-20-30(27-6-2,28-7-3)29-8-4/h17-18,21,23H,5-16,19-20H2,1-4H3. The third-order valence-corrected chi connectivity index (χ3v) is 9.07. The van der Waals surface area contributed by atoms with E-state index in [1.165, 1.54) is 62.5 Å². The number of rotatable bonds is 15. The molecule has 30 heavy (non-hydrogen) atoms. The third kappa shape index (κ3) is 7.99. The van der Waals surface area contributed by atoms with Gasteiger partial charge in [0.05, 0.1) is 6.61 Å². The normalized spacial score (nSPS) is 15.5. The van der Waals surface area contributed by atoms with E-state index in [2.05, 4.69) is 25.1 Å². The monoisotopic (exact) mass is 436 g/mol. The third-order valence-electron chi connectivity index (χ3n) is 5.92. The van der Waals surface area contributed by atoms with Crippen molar-refractivity contribution in [3.8, 4) is 5.75 Å². The fourth-order valence-electron chi connectivity index (χ4n) is 4.47. The predicted octanol–water partition coefficient (Wildman–Crippen LogP) is 6.89. The lowest BCUT2D eigenvalue weighted by atomic mass is 9.83. The van der Waals surface area contributed by atoms with Crippen LogP contribution in [-0.4, -0.2) is 35.2 Å². The summed E-state index contributed by atoms with van der Waals surface area (Å²) in [7, 11) is -2.58. The molecular formula is C25H44O4Si. The second-order valence-electron chi connectivity index (χ2n) is 8.24. The van der Waals surface area contributed by atoms with Gasteiger partial charge in [0.1, 0.15) is 5.75 Å². The second-order valence-corrected chi connectivity index (χ2v) is 11.0. The van der Waals surface area contributed by atoms with Crippen LogP contribution in [0.5, 0.6) is 5.75 Å². The van der Waals surface area contributed by atoms with E-state index in [9.17, 15) is 0 Å². The van der Waals surface area contributed by atoms with Gasteiger partial charge in [0.25, 0.3) is 0 Å². The van der Waals surface area contributed by atoms with Gasteiger partial charge in [-0.25, -0.2) is 0 Å². The summed E-state index contributed by atoms with van der Waals surface area (Å²) in [4.78, 5) is 0. The minimum absolute atomic E-state index is 0.623. The highest BCUT2D eigenvalue weighted by Crippen LogP contribution is 2.38. The number of aryl methyl sites for hydroxylation is 1. The number of unbranched alkanes of at least 4 members (excludes halogenated alkanes) is 1. The molecule has 1 aromatic rings. The summed E-state index contributed by atoms with van der Waals surface area (Å²) in [6.07, 6.45) is 11.2. The maximum atomic E-state index is 6.34. The largest absolute Gasteiger partial charge is 0.501 e. The Bertz CT molecular complexity index is 569. The van der Waals surface area contributed by atoms with Crippen LogP contribution in [0.2, 0.25) is 6.04 Å². The molecule has 4 nitrogen and oxygen atoms in total. The van der Waals surface area contributed by atoms with E-state index in [-0.39, 0.29) is 0 Å². The van der Waals surface area contributed by atoms with Gasteiger partial charge in [0, 0.05) is 25.9 Å². The van der Waals surface area contributed by atoms with E-state index < -0.39 is 8.80 Å². The first-order chi connectivity index (χ1) is 14.7. The predicted molar refractivity (Wildman–Crippen MR) is 126 cm³/mol. The second kappa shape index (κ2) is 14.2. The molecule has 0 aliphatic heterocycles. The molecule has 0 saturated heterocycles. The van der Waals surface area contributed by atoms with Crippen molar-refractivity contribution in [2.24, 2.45) is 0 Å². The van der Waals surface area contributed by atoms with Crippen LogP contribution in [0.15, 0.2) is 18.2 Å². The maximum Gasteiger partial charge on any atom is 0.501 e. The Morgan fingerprint density at radius 1 is 0.867 bits per heavy atom. The van der Waals surface area contributed by atoms with Crippen LogP contribution in [0.1, 0.15) is 96.1 Å². The van der Waals surface area contributed by atoms with E-state index in [0.29, 0.717) is 32.3 Å². The lowest BCUT2D eigenvalue weighted by Crippen LogP contribution is -2.46. The van der Waals surface area contributed by atoms with E-state index >= 15 is 0 Å². The van der Waals surface area contributed by atoms with Crippen molar-refractivity contribution in [2.75, 3.05) is 26.4 Å². The molecule has 1 aliphatic rings. The molecule has 1 aliphatic carbocycles. The van der Waals surface area contributed by atoms with Crippen molar-refractivity contribution in [1.82, 2.24) is 0 Å². The van der Waals surface area contributed by atoms with Crippen molar-refractivity contribution in [3.05, 3.63) is 29.3 Å². The lowest BCUT2D eigenvalue weighted by molar-refractivity contribution is 0.0696. The molecule has 0 unspecified atom stereocenters. The Morgan fingerprint density at radius 3 is 2.13 bits per heavy atom. The van der Waals surface area contributed by atoms with Gasteiger partial charge in [-0.05, 0) is 76.0 Å². The first-order valence-electron chi connectivity index (χ1n) is 12.3. The average molecular weight is 437 g/mol. The summed E-state index contributed by atoms with van der Waals surface area (Å²) in [5, 5.41) is 0. The van der Waals surface area contributed by atoms with Gasteiger partial charge in [0.2, 0.25) is 0 Å². The number of hydrogen-bond donors (Lipinski definition) is 0. The Balaban J connectivity index is 2.01. The Morgan fingerprint density at radius 2 is 1.53 bits per heavy atom. The molecule has 2 rings (SSSR count). The average Bonchev–Trinajstić information content (AvgIpc) is 2.77. The van der Waals surface area contributed by atoms with Crippen molar-refractivity contribution >= 4 is 8.80 Å². The molecule has 0 heterocycles. The van der Waals surface area contributed by atoms with Crippen LogP contribution in [0, 0.1) is 0 Å². The van der Waals surface area contributed by atoms with E-state index in [4.69, 9.17) is 18.0 Å². The van der Waals surface area contributed by atoms with Crippen molar-refractivity contribution < 1.29 is 18.0 Å². The summed E-state index contributed by atoms with van der Waals surface area (Å²) >= 11 is 0. The lowest BCUT2D eigenvalue weighted by Gasteiger charge is -2.28. The van der Waals surface area contributed by atoms with Crippen molar-refractivity contribution in [2.45, 2.75) is 97.4 Å². The quantitative estimate of drug-likeness (QED) is 0.221. The summed E-state index contributed by atoms with van der Waals surface area (Å²) in [5.74, 6) is 1.73. The van der Waals surface area contributed by atoms with Gasteiger partial charge in [-0.15, -0.1) is 0 Å². The van der Waals surface area contributed by atoms with Gasteiger partial charge in [0.15, 0.2) is 0 Å². The van der Waals surface area contributed by atoms with Crippen molar-refractivity contribution in [3.63, 3.8) is 0 Å². The van der Waals surface area contributed by atoms with Gasteiger partial charge < -0.3 is 18.0 Å². The molecule has 1 aromatic carbocycles. The molecular weight excluding hydrogens is 392 g/mol. The molecule has 0 atom stereocenters. The minimum Gasteiger partial charge on any atom is -0.493 e. The van der Waals surface area contributed by atoms with Gasteiger partial charge in [-0.2, -0.15) is 0 Å². The van der Waals surface area contributed by atoms with E-state index in [0.717, 1.165) is 18.2 Å². The molecule has 0 bridgehead atoms. The number of ether oxygens (including phenoxy) is 1. The fraction of sp³-hybridized carbons (Fsp3) is 0.760. The summed E-state index contributed by atoms with van der Waals surface area (Å²) in [6, 6.07) is 7.71. The van der Waals surface area contributed by atoms with Gasteiger partial charge in [-0.3, -0.25) is 0 Å². The van der Waals surface area contributed by atoms with E-state index in [1.54, 1.807) is 0 Å². The Labute approximate surface area is 186 Å². The zero-order valence-electron chi connectivity index (χ0n) is 19.8. The summed E-state index contributed by atoms with van der Waals surface area (Å²) in [6.45, 7) is 10.8. The van der Waals surface area contributed by atoms with Gasteiger partial charge in [-0.1, -0.05) is 44.7 Å². The topological polar surface area (TPSA) is 36.9 Å². The molecule has 5 heteroatoms. The fourth-order valence-corrected chi connectivity index (χ4v) is 7.05. The van der Waals surface area contributed by atoms with Crippen LogP contribution < -0.4 is 4.74 Å². The maximum absolute atomic E-state index is 6.34. The zero-order valence-corrected chi connectivity index (χ0v) is 20.8. The Hall–Kier alpha value is -0.883. The summed E-state index contributed by atoms with van der Waals surface area (Å²) < 4.78 is 24.3. The highest BCUT2D eigenvalue weighted by atomic mass is 28.4. The van der Waals surface area contributed by atoms with Gasteiger partial charge >= 0.3 is 8.80 Å². The number of hydrogen-bond acceptors (Lipinski definition) is 4. The first kappa shape index (κ1) is 25.4. The first-order valence-corrected chi connectivity index (χ1v) is 14.3. The molecule has 0 aromatic heterocycles. The van der Waals surface area contributed by atoms with E-state index in [1.807, 2.05) is 20.8 Å². The zero-order chi connectivity index (χ0) is 21.7. The highest BCUT2D eigenvalue weighted by Gasteiger charge is 2.39. The molecule has 1 fully saturated rings. The van der Waals surface area contributed by atoms with Crippen molar-refractivity contribution in [1.29, 1.82) is 0 Å². The SMILES string of the molecule is CCCCc1ccc(OCCC[Si](OCC)(OCC)OCC)c(C2CCCCC2)c1. The molecule has 0 N–H and O–H groups in total.